The normalized spacial score (nSPS) is 11.2. The van der Waals surface area contributed by atoms with Gasteiger partial charge in [-0.3, -0.25) is 0 Å². The molecule has 0 radical (unpaired) electrons. The summed E-state index contributed by atoms with van der Waals surface area (Å²) in [6, 6.07) is 7.59. The van der Waals surface area contributed by atoms with Crippen LogP contribution in [0.5, 0.6) is 0 Å². The number of nitrogens with zero attached hydrogens (tertiary/aromatic N) is 7. The molecule has 0 aliphatic heterocycles. The Hall–Kier alpha value is -3.02. The number of hydrogen-bond donors (Lipinski definition) is 2. The summed E-state index contributed by atoms with van der Waals surface area (Å²) < 4.78 is 9.94. The second-order valence-corrected chi connectivity index (χ2v) is 5.14. The van der Waals surface area contributed by atoms with Crippen molar-refractivity contribution in [2.24, 2.45) is 10.3 Å². The van der Waals surface area contributed by atoms with Gasteiger partial charge in [0.2, 0.25) is 17.5 Å². The fourth-order valence-electron chi connectivity index (χ4n) is 1.66. The van der Waals surface area contributed by atoms with E-state index in [1.165, 1.54) is 5.01 Å². The summed E-state index contributed by atoms with van der Waals surface area (Å²) in [6.07, 6.45) is 0. The second kappa shape index (κ2) is 6.39. The van der Waals surface area contributed by atoms with Gasteiger partial charge in [-0.25, -0.2) is 14.3 Å². The van der Waals surface area contributed by atoms with Crippen LogP contribution in [-0.2, 0) is 6.54 Å². The predicted molar refractivity (Wildman–Crippen MR) is 82.3 cm³/mol. The number of aromatic nitrogens is 4. The molecule has 0 aliphatic rings. The van der Waals surface area contributed by atoms with Crippen LogP contribution < -0.4 is 16.5 Å². The first-order valence-electron chi connectivity index (χ1n) is 6.24. The van der Waals surface area contributed by atoms with E-state index in [2.05, 4.69) is 56.2 Å². The van der Waals surface area contributed by atoms with Crippen LogP contribution in [0.1, 0.15) is 5.56 Å². The number of benzene rings is 1. The van der Waals surface area contributed by atoms with Gasteiger partial charge in [-0.05, 0) is 32.3 Å². The first-order valence-corrected chi connectivity index (χ1v) is 7.03. The quantitative estimate of drug-likeness (QED) is 0.499. The Labute approximate surface area is 137 Å². The van der Waals surface area contributed by atoms with Gasteiger partial charge >= 0.3 is 0 Å². The van der Waals surface area contributed by atoms with Crippen LogP contribution in [-0.4, -0.2) is 20.6 Å². The van der Waals surface area contributed by atoms with Crippen molar-refractivity contribution in [1.29, 1.82) is 0 Å². The summed E-state index contributed by atoms with van der Waals surface area (Å²) >= 11 is 3.46. The molecule has 0 unspecified atom stereocenters. The van der Waals surface area contributed by atoms with E-state index in [0.717, 1.165) is 10.0 Å². The van der Waals surface area contributed by atoms with E-state index in [1.807, 2.05) is 24.3 Å². The Morgan fingerprint density at radius 3 is 2.43 bits per heavy atom. The van der Waals surface area contributed by atoms with E-state index < -0.39 is 0 Å². The standard InChI is InChI=1S/C11H10BrN9O2/c12-7-4-2-1-3-6(7)5-21(11-9(14)17-23-19-11)20-15-10-8(13)16-22-18-10/h1-4H,5H2,(H2,13,16)(H2,14,17). The molecule has 3 rings (SSSR count). The van der Waals surface area contributed by atoms with Crippen molar-refractivity contribution < 1.29 is 9.26 Å². The van der Waals surface area contributed by atoms with Gasteiger partial charge in [0.1, 0.15) is 0 Å². The summed E-state index contributed by atoms with van der Waals surface area (Å²) in [4.78, 5) is 0. The molecule has 2 aromatic heterocycles. The lowest BCUT2D eigenvalue weighted by Crippen LogP contribution is -2.17. The summed E-state index contributed by atoms with van der Waals surface area (Å²) in [7, 11) is 0. The van der Waals surface area contributed by atoms with Crippen molar-refractivity contribution in [3.63, 3.8) is 0 Å². The van der Waals surface area contributed by atoms with Gasteiger partial charge < -0.3 is 11.5 Å². The molecule has 2 heterocycles. The zero-order chi connectivity index (χ0) is 16.2. The first kappa shape index (κ1) is 14.9. The van der Waals surface area contributed by atoms with E-state index >= 15 is 0 Å². The van der Waals surface area contributed by atoms with Crippen LogP contribution in [0.4, 0.5) is 23.3 Å². The molecule has 0 saturated heterocycles. The highest BCUT2D eigenvalue weighted by Crippen LogP contribution is 2.25. The minimum atomic E-state index is 0.0147. The van der Waals surface area contributed by atoms with Crippen LogP contribution in [0.2, 0.25) is 0 Å². The van der Waals surface area contributed by atoms with Crippen molar-refractivity contribution in [2.75, 3.05) is 16.5 Å². The van der Waals surface area contributed by atoms with Gasteiger partial charge in [0, 0.05) is 4.47 Å². The molecule has 0 amide bonds. The maximum Gasteiger partial charge on any atom is 0.263 e. The van der Waals surface area contributed by atoms with Crippen LogP contribution in [0.25, 0.3) is 0 Å². The van der Waals surface area contributed by atoms with Crippen molar-refractivity contribution in [1.82, 2.24) is 20.6 Å². The molecule has 0 fully saturated rings. The van der Waals surface area contributed by atoms with Crippen molar-refractivity contribution in [3.8, 4) is 0 Å². The molecule has 3 aromatic rings. The first-order chi connectivity index (χ1) is 11.1. The molecule has 118 valence electrons. The smallest absolute Gasteiger partial charge is 0.263 e. The van der Waals surface area contributed by atoms with Crippen molar-refractivity contribution in [2.45, 2.75) is 6.54 Å². The van der Waals surface area contributed by atoms with Crippen LogP contribution in [0.15, 0.2) is 48.3 Å². The van der Waals surface area contributed by atoms with E-state index in [1.54, 1.807) is 0 Å². The Bertz CT molecular complexity index is 830. The summed E-state index contributed by atoms with van der Waals surface area (Å²) in [6.45, 7) is 0.300. The molecule has 0 spiro atoms. The van der Waals surface area contributed by atoms with Gasteiger partial charge in [-0.1, -0.05) is 39.4 Å². The van der Waals surface area contributed by atoms with Gasteiger partial charge in [-0.2, -0.15) is 0 Å². The number of nitrogen functional groups attached to an aromatic ring is 2. The summed E-state index contributed by atoms with van der Waals surface area (Å²) in [5.74, 6) is 0.333. The van der Waals surface area contributed by atoms with E-state index in [-0.39, 0.29) is 23.3 Å². The molecule has 0 saturated carbocycles. The third kappa shape index (κ3) is 3.26. The zero-order valence-corrected chi connectivity index (χ0v) is 13.1. The third-order valence-electron chi connectivity index (χ3n) is 2.76. The Kier molecular flexibility index (Phi) is 4.14. The van der Waals surface area contributed by atoms with Crippen molar-refractivity contribution in [3.05, 3.63) is 34.3 Å². The number of hydrogen-bond acceptors (Lipinski definition) is 10. The van der Waals surface area contributed by atoms with Crippen molar-refractivity contribution >= 4 is 39.2 Å². The maximum absolute atomic E-state index is 5.72. The second-order valence-electron chi connectivity index (χ2n) is 4.28. The van der Waals surface area contributed by atoms with Crippen LogP contribution in [0, 0.1) is 0 Å². The molecule has 4 N–H and O–H groups in total. The molecule has 0 atom stereocenters. The lowest BCUT2D eigenvalue weighted by molar-refractivity contribution is 0.308. The number of rotatable bonds is 5. The van der Waals surface area contributed by atoms with Gasteiger partial charge in [0.05, 0.1) is 6.54 Å². The van der Waals surface area contributed by atoms with Crippen LogP contribution in [0.3, 0.4) is 0 Å². The largest absolute Gasteiger partial charge is 0.378 e. The van der Waals surface area contributed by atoms with Gasteiger partial charge in [0.25, 0.3) is 5.82 Å². The SMILES string of the molecule is Nc1nonc1N=NN(Cc1ccccc1Br)c1nonc1N. The zero-order valence-electron chi connectivity index (χ0n) is 11.5. The minimum absolute atomic E-state index is 0.0147. The van der Waals surface area contributed by atoms with Gasteiger partial charge in [-0.15, -0.1) is 5.11 Å². The molecular weight excluding hydrogens is 370 g/mol. The third-order valence-corrected chi connectivity index (χ3v) is 3.53. The number of nitrogens with two attached hydrogens (primary N) is 2. The highest BCUT2D eigenvalue weighted by molar-refractivity contribution is 9.10. The highest BCUT2D eigenvalue weighted by Gasteiger charge is 2.18. The Balaban J connectivity index is 1.91. The Morgan fingerprint density at radius 2 is 1.78 bits per heavy atom. The van der Waals surface area contributed by atoms with E-state index in [9.17, 15) is 0 Å². The molecule has 0 bridgehead atoms. The Morgan fingerprint density at radius 1 is 1.04 bits per heavy atom. The average Bonchev–Trinajstić information content (AvgIpc) is 3.14. The lowest BCUT2D eigenvalue weighted by atomic mass is 10.2. The molecule has 1 aromatic carbocycles. The lowest BCUT2D eigenvalue weighted by Gasteiger charge is -2.14. The predicted octanol–water partition coefficient (Wildman–Crippen LogP) is 2.08. The highest BCUT2D eigenvalue weighted by atomic mass is 79.9. The van der Waals surface area contributed by atoms with Gasteiger partial charge in [0.15, 0.2) is 0 Å². The maximum atomic E-state index is 5.72. The molecule has 0 aliphatic carbocycles. The van der Waals surface area contributed by atoms with E-state index in [0.29, 0.717) is 6.54 Å². The number of halogens is 1. The molecule has 11 nitrogen and oxygen atoms in total. The monoisotopic (exact) mass is 379 g/mol. The van der Waals surface area contributed by atoms with E-state index in [4.69, 9.17) is 11.5 Å². The molecule has 23 heavy (non-hydrogen) atoms. The van der Waals surface area contributed by atoms with Crippen LogP contribution >= 0.6 is 15.9 Å². The summed E-state index contributed by atoms with van der Waals surface area (Å²) in [5, 5.41) is 23.5. The molecular formula is C11H10BrN9O2. The topological polar surface area (TPSA) is 158 Å². The summed E-state index contributed by atoms with van der Waals surface area (Å²) in [5.41, 5.74) is 12.2. The average molecular weight is 380 g/mol. The number of anilines is 3. The fourth-order valence-corrected chi connectivity index (χ4v) is 2.07. The fraction of sp³-hybridized carbons (Fsp3) is 0.0909. The minimum Gasteiger partial charge on any atom is -0.378 e. The molecule has 12 heteroatoms.